The maximum Gasteiger partial charge on any atom is 0.179 e. The highest BCUT2D eigenvalue weighted by molar-refractivity contribution is 5.97. The second kappa shape index (κ2) is 6.78. The summed E-state index contributed by atoms with van der Waals surface area (Å²) >= 11 is 0. The average molecular weight is 265 g/mol. The van der Waals surface area contributed by atoms with Crippen molar-refractivity contribution in [1.29, 1.82) is 0 Å². The fraction of sp³-hybridized carbons (Fsp3) is 0.533. The number of Topliss-reactive ketones (excluding diaryl/α,β-unsaturated/α-hetero) is 1. The van der Waals surface area contributed by atoms with Gasteiger partial charge in [-0.05, 0) is 44.0 Å². The Morgan fingerprint density at radius 1 is 1.37 bits per heavy atom. The largest absolute Gasteiger partial charge is 0.384 e. The number of halogens is 1. The summed E-state index contributed by atoms with van der Waals surface area (Å²) in [4.78, 5) is 14.1. The van der Waals surface area contributed by atoms with Crippen LogP contribution in [0.15, 0.2) is 24.3 Å². The second-order valence-corrected chi connectivity index (χ2v) is 5.08. The topological polar surface area (TPSA) is 29.5 Å². The Morgan fingerprint density at radius 2 is 2.05 bits per heavy atom. The highest BCUT2D eigenvalue weighted by atomic mass is 19.1. The Kier molecular flexibility index (Phi) is 5.05. The molecule has 0 amide bonds. The van der Waals surface area contributed by atoms with E-state index in [1.807, 2.05) is 0 Å². The van der Waals surface area contributed by atoms with Crippen LogP contribution in [0.2, 0.25) is 0 Å². The molecule has 1 aliphatic rings. The van der Waals surface area contributed by atoms with E-state index in [2.05, 4.69) is 4.90 Å². The molecule has 2 rings (SSSR count). The fourth-order valence-electron chi connectivity index (χ4n) is 2.52. The number of ether oxygens (including phenoxy) is 1. The van der Waals surface area contributed by atoms with Crippen molar-refractivity contribution in [3.8, 4) is 0 Å². The number of ketones is 1. The minimum Gasteiger partial charge on any atom is -0.384 e. The molecule has 0 bridgehead atoms. The molecule has 1 heterocycles. The Hall–Kier alpha value is -1.26. The molecular formula is C15H20FNO2. The quantitative estimate of drug-likeness (QED) is 0.765. The van der Waals surface area contributed by atoms with Crippen LogP contribution in [0.25, 0.3) is 0 Å². The van der Waals surface area contributed by atoms with E-state index >= 15 is 0 Å². The van der Waals surface area contributed by atoms with E-state index in [0.717, 1.165) is 32.5 Å². The summed E-state index contributed by atoms with van der Waals surface area (Å²) in [5.74, 6) is 0.0230. The third kappa shape index (κ3) is 3.85. The Bertz CT molecular complexity index is 428. The van der Waals surface area contributed by atoms with E-state index in [9.17, 15) is 9.18 Å². The van der Waals surface area contributed by atoms with E-state index in [1.165, 1.54) is 6.07 Å². The van der Waals surface area contributed by atoms with E-state index < -0.39 is 5.82 Å². The minimum atomic E-state index is -0.429. The summed E-state index contributed by atoms with van der Waals surface area (Å²) in [5, 5.41) is 0. The van der Waals surface area contributed by atoms with Crippen LogP contribution in [0.4, 0.5) is 4.39 Å². The first kappa shape index (κ1) is 14.2. The predicted octanol–water partition coefficient (Wildman–Crippen LogP) is 2.37. The first-order valence-electron chi connectivity index (χ1n) is 6.69. The molecule has 0 saturated carbocycles. The number of carbonyl (C=O) groups is 1. The molecule has 0 spiro atoms. The number of nitrogens with zero attached hydrogens (tertiary/aromatic N) is 1. The van der Waals surface area contributed by atoms with Gasteiger partial charge in [0.25, 0.3) is 0 Å². The molecule has 1 aromatic carbocycles. The van der Waals surface area contributed by atoms with Gasteiger partial charge in [-0.1, -0.05) is 12.1 Å². The van der Waals surface area contributed by atoms with Crippen LogP contribution >= 0.6 is 0 Å². The van der Waals surface area contributed by atoms with Gasteiger partial charge in [0.2, 0.25) is 0 Å². The van der Waals surface area contributed by atoms with E-state index in [0.29, 0.717) is 12.5 Å². The number of carbonyl (C=O) groups excluding carboxylic acids is 1. The summed E-state index contributed by atoms with van der Waals surface area (Å²) in [6.07, 6.45) is 2.08. The highest BCUT2D eigenvalue weighted by Crippen LogP contribution is 2.18. The SMILES string of the molecule is COCC1CCN(CC(=O)c2ccccc2F)CC1. The number of rotatable bonds is 5. The molecule has 0 unspecified atom stereocenters. The van der Waals surface area contributed by atoms with Crippen LogP contribution < -0.4 is 0 Å². The van der Waals surface area contributed by atoms with Crippen molar-refractivity contribution in [2.24, 2.45) is 5.92 Å². The van der Waals surface area contributed by atoms with Gasteiger partial charge in [-0.25, -0.2) is 4.39 Å². The number of likely N-dealkylation sites (tertiary alicyclic amines) is 1. The molecule has 0 atom stereocenters. The van der Waals surface area contributed by atoms with Crippen LogP contribution in [-0.4, -0.2) is 44.0 Å². The van der Waals surface area contributed by atoms with Gasteiger partial charge >= 0.3 is 0 Å². The molecule has 0 N–H and O–H groups in total. The van der Waals surface area contributed by atoms with E-state index in [1.54, 1.807) is 25.3 Å². The van der Waals surface area contributed by atoms with Gasteiger partial charge < -0.3 is 4.74 Å². The lowest BCUT2D eigenvalue weighted by Gasteiger charge is -2.31. The summed E-state index contributed by atoms with van der Waals surface area (Å²) < 4.78 is 18.6. The molecule has 0 radical (unpaired) electrons. The zero-order valence-corrected chi connectivity index (χ0v) is 11.3. The van der Waals surface area contributed by atoms with Gasteiger partial charge in [-0.15, -0.1) is 0 Å². The Morgan fingerprint density at radius 3 is 2.68 bits per heavy atom. The van der Waals surface area contributed by atoms with Crippen LogP contribution in [0.3, 0.4) is 0 Å². The maximum atomic E-state index is 13.5. The number of piperidine rings is 1. The minimum absolute atomic E-state index is 0.136. The van der Waals surface area contributed by atoms with Crippen molar-refractivity contribution >= 4 is 5.78 Å². The number of methoxy groups -OCH3 is 1. The summed E-state index contributed by atoms with van der Waals surface area (Å²) in [5.41, 5.74) is 0.196. The highest BCUT2D eigenvalue weighted by Gasteiger charge is 2.22. The van der Waals surface area contributed by atoms with Gasteiger partial charge in [-0.3, -0.25) is 9.69 Å². The molecular weight excluding hydrogens is 245 g/mol. The van der Waals surface area contributed by atoms with Crippen molar-refractivity contribution in [2.75, 3.05) is 33.4 Å². The van der Waals surface area contributed by atoms with Crippen molar-refractivity contribution in [2.45, 2.75) is 12.8 Å². The standard InChI is InChI=1S/C15H20FNO2/c1-19-11-12-6-8-17(9-7-12)10-15(18)13-4-2-3-5-14(13)16/h2-5,12H,6-11H2,1H3. The van der Waals surface area contributed by atoms with E-state index in [-0.39, 0.29) is 11.3 Å². The molecule has 0 aromatic heterocycles. The zero-order chi connectivity index (χ0) is 13.7. The van der Waals surface area contributed by atoms with Crippen LogP contribution in [0.5, 0.6) is 0 Å². The van der Waals surface area contributed by atoms with Crippen molar-refractivity contribution in [1.82, 2.24) is 4.90 Å². The zero-order valence-electron chi connectivity index (χ0n) is 11.3. The summed E-state index contributed by atoms with van der Waals surface area (Å²) in [6, 6.07) is 6.18. The summed E-state index contributed by atoms with van der Waals surface area (Å²) in [6.45, 7) is 2.86. The number of hydrogen-bond acceptors (Lipinski definition) is 3. The molecule has 0 aliphatic carbocycles. The normalized spacial score (nSPS) is 17.6. The third-order valence-electron chi connectivity index (χ3n) is 3.65. The third-order valence-corrected chi connectivity index (χ3v) is 3.65. The van der Waals surface area contributed by atoms with Crippen LogP contribution in [0, 0.1) is 11.7 Å². The van der Waals surface area contributed by atoms with Crippen LogP contribution in [0.1, 0.15) is 23.2 Å². The summed E-state index contributed by atoms with van der Waals surface area (Å²) in [7, 11) is 1.72. The van der Waals surface area contributed by atoms with Gasteiger partial charge in [0, 0.05) is 13.7 Å². The second-order valence-electron chi connectivity index (χ2n) is 5.08. The molecule has 1 saturated heterocycles. The average Bonchev–Trinajstić information content (AvgIpc) is 2.42. The first-order valence-corrected chi connectivity index (χ1v) is 6.69. The Labute approximate surface area is 113 Å². The number of benzene rings is 1. The predicted molar refractivity (Wildman–Crippen MR) is 71.8 cm³/mol. The molecule has 19 heavy (non-hydrogen) atoms. The molecule has 3 nitrogen and oxygen atoms in total. The van der Waals surface area contributed by atoms with Gasteiger partial charge in [-0.2, -0.15) is 0 Å². The van der Waals surface area contributed by atoms with Gasteiger partial charge in [0.15, 0.2) is 5.78 Å². The number of hydrogen-bond donors (Lipinski definition) is 0. The molecule has 1 fully saturated rings. The van der Waals surface area contributed by atoms with Gasteiger partial charge in [0.05, 0.1) is 12.1 Å². The lowest BCUT2D eigenvalue weighted by atomic mass is 9.97. The Balaban J connectivity index is 1.86. The lowest BCUT2D eigenvalue weighted by molar-refractivity contribution is 0.0807. The van der Waals surface area contributed by atoms with Gasteiger partial charge in [0.1, 0.15) is 5.82 Å². The molecule has 1 aromatic rings. The monoisotopic (exact) mass is 265 g/mol. The molecule has 1 aliphatic heterocycles. The molecule has 4 heteroatoms. The molecule has 104 valence electrons. The first-order chi connectivity index (χ1) is 9.20. The fourth-order valence-corrected chi connectivity index (χ4v) is 2.52. The smallest absolute Gasteiger partial charge is 0.179 e. The van der Waals surface area contributed by atoms with Crippen molar-refractivity contribution in [3.63, 3.8) is 0 Å². The van der Waals surface area contributed by atoms with Crippen molar-refractivity contribution in [3.05, 3.63) is 35.6 Å². The maximum absolute atomic E-state index is 13.5. The lowest BCUT2D eigenvalue weighted by Crippen LogP contribution is -2.38. The van der Waals surface area contributed by atoms with Crippen molar-refractivity contribution < 1.29 is 13.9 Å². The van der Waals surface area contributed by atoms with E-state index in [4.69, 9.17) is 4.74 Å². The van der Waals surface area contributed by atoms with Crippen LogP contribution in [-0.2, 0) is 4.74 Å².